The molecule has 4 heterocycles. The maximum atomic E-state index is 14.0. The van der Waals surface area contributed by atoms with Crippen molar-refractivity contribution in [2.24, 2.45) is 0 Å². The Bertz CT molecular complexity index is 1550. The number of hydrogen-bond acceptors (Lipinski definition) is 7. The van der Waals surface area contributed by atoms with E-state index in [0.29, 0.717) is 23.2 Å². The van der Waals surface area contributed by atoms with Gasteiger partial charge in [-0.15, -0.1) is 0 Å². The fourth-order valence-corrected chi connectivity index (χ4v) is 7.06. The standard InChI is InChI=1S/C37H52N6O3/c1-8-43(30-13-17-46-18-14-30)34-21-28(27-9-10-35(38-22-27)42(7)29-11-15-41(6)16-12-29)20-32(26(34)5)36(44)39-23-33-31(24(2)3)19-25(4)40-37(33)45/h9-10,19-22,24,29-30H,8,11-18,23H2,1-7H3,(H,39,44)(H,40,45). The van der Waals surface area contributed by atoms with Crippen LogP contribution in [0.2, 0.25) is 0 Å². The summed E-state index contributed by atoms with van der Waals surface area (Å²) in [7, 11) is 4.32. The maximum absolute atomic E-state index is 14.0. The van der Waals surface area contributed by atoms with Gasteiger partial charge in [-0.3, -0.25) is 9.59 Å². The molecule has 2 saturated heterocycles. The van der Waals surface area contributed by atoms with Gasteiger partial charge >= 0.3 is 0 Å². The lowest BCUT2D eigenvalue weighted by Gasteiger charge is -2.37. The Morgan fingerprint density at radius 2 is 1.78 bits per heavy atom. The van der Waals surface area contributed by atoms with Crippen molar-refractivity contribution in [2.75, 3.05) is 56.7 Å². The Kier molecular flexibility index (Phi) is 10.8. The molecule has 0 atom stereocenters. The first kappa shape index (κ1) is 33.7. The molecule has 1 aromatic carbocycles. The molecule has 2 N–H and O–H groups in total. The number of nitrogens with zero attached hydrogens (tertiary/aromatic N) is 4. The van der Waals surface area contributed by atoms with Crippen LogP contribution >= 0.6 is 0 Å². The van der Waals surface area contributed by atoms with Crippen molar-refractivity contribution in [3.05, 3.63) is 74.8 Å². The minimum absolute atomic E-state index is 0.150. The SMILES string of the molecule is CCN(c1cc(-c2ccc(N(C)C3CCN(C)CC3)nc2)cc(C(=O)NCc2c(C(C)C)cc(C)[nH]c2=O)c1C)C1CCOCC1. The van der Waals surface area contributed by atoms with Crippen LogP contribution in [0.15, 0.2) is 41.3 Å². The number of aryl methyl sites for hydroxylation is 1. The zero-order valence-corrected chi connectivity index (χ0v) is 28.8. The summed E-state index contributed by atoms with van der Waals surface area (Å²) in [5.41, 5.74) is 6.76. The number of carbonyl (C=O) groups is 1. The Morgan fingerprint density at radius 3 is 2.41 bits per heavy atom. The summed E-state index contributed by atoms with van der Waals surface area (Å²) < 4.78 is 5.68. The largest absolute Gasteiger partial charge is 0.381 e. The van der Waals surface area contributed by atoms with E-state index in [1.807, 2.05) is 32.2 Å². The molecule has 9 heteroatoms. The van der Waals surface area contributed by atoms with Gasteiger partial charge in [-0.25, -0.2) is 4.98 Å². The highest BCUT2D eigenvalue weighted by molar-refractivity contribution is 5.99. The Morgan fingerprint density at radius 1 is 1.07 bits per heavy atom. The molecule has 46 heavy (non-hydrogen) atoms. The first-order valence-electron chi connectivity index (χ1n) is 16.9. The fraction of sp³-hybridized carbons (Fsp3) is 0.541. The van der Waals surface area contributed by atoms with Gasteiger partial charge in [0.15, 0.2) is 0 Å². The van der Waals surface area contributed by atoms with Gasteiger partial charge < -0.3 is 29.7 Å². The smallest absolute Gasteiger partial charge is 0.253 e. The van der Waals surface area contributed by atoms with E-state index in [-0.39, 0.29) is 23.9 Å². The maximum Gasteiger partial charge on any atom is 0.253 e. The highest BCUT2D eigenvalue weighted by Gasteiger charge is 2.26. The molecular weight excluding hydrogens is 576 g/mol. The molecule has 0 aliphatic carbocycles. The van der Waals surface area contributed by atoms with Crippen LogP contribution in [0.1, 0.15) is 85.1 Å². The van der Waals surface area contributed by atoms with Crippen LogP contribution < -0.4 is 20.7 Å². The Hall–Kier alpha value is -3.69. The summed E-state index contributed by atoms with van der Waals surface area (Å²) in [5.74, 6) is 0.936. The van der Waals surface area contributed by atoms with Crippen LogP contribution in [0.5, 0.6) is 0 Å². The number of H-pyrrole nitrogens is 1. The van der Waals surface area contributed by atoms with E-state index >= 15 is 0 Å². The number of hydrogen-bond donors (Lipinski definition) is 2. The lowest BCUT2D eigenvalue weighted by Crippen LogP contribution is -2.42. The van der Waals surface area contributed by atoms with Crippen molar-refractivity contribution in [1.82, 2.24) is 20.2 Å². The molecule has 5 rings (SSSR count). The number of amides is 1. The fourth-order valence-electron chi connectivity index (χ4n) is 7.06. The monoisotopic (exact) mass is 628 g/mol. The first-order valence-corrected chi connectivity index (χ1v) is 16.9. The number of rotatable bonds is 10. The van der Waals surface area contributed by atoms with Crippen molar-refractivity contribution in [2.45, 2.75) is 84.8 Å². The molecule has 0 bridgehead atoms. The van der Waals surface area contributed by atoms with E-state index in [1.54, 1.807) is 0 Å². The van der Waals surface area contributed by atoms with Crippen LogP contribution in [0.25, 0.3) is 11.1 Å². The van der Waals surface area contributed by atoms with E-state index < -0.39 is 0 Å². The average Bonchev–Trinajstić information content (AvgIpc) is 3.05. The number of aromatic nitrogens is 2. The molecule has 2 aromatic heterocycles. The molecule has 2 aliphatic rings. The highest BCUT2D eigenvalue weighted by Crippen LogP contribution is 2.34. The third kappa shape index (κ3) is 7.47. The number of ether oxygens (including phenoxy) is 1. The van der Waals surface area contributed by atoms with Gasteiger partial charge in [0.1, 0.15) is 5.82 Å². The van der Waals surface area contributed by atoms with Crippen LogP contribution in [-0.4, -0.2) is 79.8 Å². The van der Waals surface area contributed by atoms with Gasteiger partial charge in [-0.1, -0.05) is 13.8 Å². The van der Waals surface area contributed by atoms with Gasteiger partial charge in [0.05, 0.1) is 0 Å². The number of nitrogens with one attached hydrogen (secondary N) is 2. The number of benzene rings is 1. The van der Waals surface area contributed by atoms with E-state index in [1.165, 1.54) is 0 Å². The number of carbonyl (C=O) groups excluding carboxylic acids is 1. The number of piperidine rings is 1. The summed E-state index contributed by atoms with van der Waals surface area (Å²) in [6.45, 7) is 14.9. The van der Waals surface area contributed by atoms with Gasteiger partial charge in [0.25, 0.3) is 11.5 Å². The lowest BCUT2D eigenvalue weighted by atomic mass is 9.95. The van der Waals surface area contributed by atoms with E-state index in [2.05, 4.69) is 78.1 Å². The number of aromatic amines is 1. The second-order valence-corrected chi connectivity index (χ2v) is 13.4. The second kappa shape index (κ2) is 14.8. The summed E-state index contributed by atoms with van der Waals surface area (Å²) in [5, 5.41) is 3.09. The number of anilines is 2. The molecule has 0 radical (unpaired) electrons. The predicted molar refractivity (Wildman–Crippen MR) is 187 cm³/mol. The van der Waals surface area contributed by atoms with Crippen molar-refractivity contribution in [3.63, 3.8) is 0 Å². The van der Waals surface area contributed by atoms with Gasteiger partial charge in [-0.2, -0.15) is 0 Å². The normalized spacial score (nSPS) is 16.5. The zero-order chi connectivity index (χ0) is 33.0. The molecule has 3 aromatic rings. The Labute approximate surface area is 274 Å². The Balaban J connectivity index is 1.48. The average molecular weight is 629 g/mol. The van der Waals surface area contributed by atoms with Gasteiger partial charge in [-0.05, 0) is 120 Å². The lowest BCUT2D eigenvalue weighted by molar-refractivity contribution is 0.0846. The van der Waals surface area contributed by atoms with E-state index in [0.717, 1.165) is 98.0 Å². The molecule has 248 valence electrons. The second-order valence-electron chi connectivity index (χ2n) is 13.4. The highest BCUT2D eigenvalue weighted by atomic mass is 16.5. The van der Waals surface area contributed by atoms with Crippen LogP contribution in [-0.2, 0) is 11.3 Å². The quantitative estimate of drug-likeness (QED) is 0.300. The zero-order valence-electron chi connectivity index (χ0n) is 28.8. The van der Waals surface area contributed by atoms with Crippen molar-refractivity contribution >= 4 is 17.4 Å². The predicted octanol–water partition coefficient (Wildman–Crippen LogP) is 5.64. The van der Waals surface area contributed by atoms with Crippen molar-refractivity contribution in [3.8, 4) is 11.1 Å². The molecule has 2 aliphatic heterocycles. The van der Waals surface area contributed by atoms with Gasteiger partial charge in [0, 0.05) is 79.7 Å². The molecule has 1 amide bonds. The molecule has 0 unspecified atom stereocenters. The summed E-state index contributed by atoms with van der Waals surface area (Å²) >= 11 is 0. The van der Waals surface area contributed by atoms with Crippen molar-refractivity contribution < 1.29 is 9.53 Å². The number of pyridine rings is 2. The van der Waals surface area contributed by atoms with Crippen LogP contribution in [0, 0.1) is 13.8 Å². The molecule has 2 fully saturated rings. The topological polar surface area (TPSA) is 93.8 Å². The first-order chi connectivity index (χ1) is 22.1. The van der Waals surface area contributed by atoms with Crippen molar-refractivity contribution in [1.29, 1.82) is 0 Å². The third-order valence-corrected chi connectivity index (χ3v) is 9.94. The van der Waals surface area contributed by atoms with Crippen LogP contribution in [0.3, 0.4) is 0 Å². The minimum atomic E-state index is -0.190. The van der Waals surface area contributed by atoms with Crippen LogP contribution in [0.4, 0.5) is 11.5 Å². The third-order valence-electron chi connectivity index (χ3n) is 9.94. The number of likely N-dealkylation sites (tertiary alicyclic amines) is 1. The summed E-state index contributed by atoms with van der Waals surface area (Å²) in [6.07, 6.45) is 6.09. The summed E-state index contributed by atoms with van der Waals surface area (Å²) in [4.78, 5) is 41.8. The molecular formula is C37H52N6O3. The van der Waals surface area contributed by atoms with E-state index in [4.69, 9.17) is 9.72 Å². The molecule has 0 saturated carbocycles. The van der Waals surface area contributed by atoms with Gasteiger partial charge in [0.2, 0.25) is 0 Å². The minimum Gasteiger partial charge on any atom is -0.381 e. The molecule has 0 spiro atoms. The van der Waals surface area contributed by atoms with E-state index in [9.17, 15) is 9.59 Å². The molecule has 9 nitrogen and oxygen atoms in total. The summed E-state index contributed by atoms with van der Waals surface area (Å²) in [6, 6.07) is 11.2.